The summed E-state index contributed by atoms with van der Waals surface area (Å²) >= 11 is 5.36. The predicted molar refractivity (Wildman–Crippen MR) is 126 cm³/mol. The van der Waals surface area contributed by atoms with Gasteiger partial charge in [0.1, 0.15) is 5.75 Å². The third kappa shape index (κ3) is 5.95. The lowest BCUT2D eigenvalue weighted by molar-refractivity contribution is -0.121. The summed E-state index contributed by atoms with van der Waals surface area (Å²) in [5, 5.41) is 10.2. The fourth-order valence-electron chi connectivity index (χ4n) is 3.41. The molecule has 164 valence electrons. The number of carbonyl (C=O) groups is 1. The smallest absolute Gasteiger partial charge is 0.221 e. The van der Waals surface area contributed by atoms with Gasteiger partial charge in [-0.15, -0.1) is 0 Å². The maximum absolute atomic E-state index is 12.4. The van der Waals surface area contributed by atoms with E-state index in [1.165, 1.54) is 11.3 Å². The summed E-state index contributed by atoms with van der Waals surface area (Å²) in [4.78, 5) is 14.7. The highest BCUT2D eigenvalue weighted by molar-refractivity contribution is 7.71. The number of aromatic amines is 1. The molecule has 8 heteroatoms. The van der Waals surface area contributed by atoms with Gasteiger partial charge in [0.15, 0.2) is 10.6 Å². The van der Waals surface area contributed by atoms with E-state index in [4.69, 9.17) is 17.0 Å². The lowest BCUT2D eigenvalue weighted by Gasteiger charge is -2.23. The van der Waals surface area contributed by atoms with Crippen LogP contribution in [0, 0.1) is 11.7 Å². The van der Waals surface area contributed by atoms with E-state index >= 15 is 0 Å². The van der Waals surface area contributed by atoms with Crippen molar-refractivity contribution in [2.24, 2.45) is 0 Å². The number of aryl methyl sites for hydroxylation is 1. The molecule has 3 rings (SSSR count). The van der Waals surface area contributed by atoms with Crippen LogP contribution < -0.4 is 15.0 Å². The molecule has 0 saturated carbocycles. The van der Waals surface area contributed by atoms with E-state index in [2.05, 4.69) is 58.5 Å². The Kier molecular flexibility index (Phi) is 7.83. The SMILES string of the molecule is CCN(CCNC(=O)CCn1c(-c2ccc(OC)cc2)n[nH]c1=S)c1cccc(C)c1. The first-order valence-electron chi connectivity index (χ1n) is 10.4. The maximum Gasteiger partial charge on any atom is 0.221 e. The summed E-state index contributed by atoms with van der Waals surface area (Å²) in [5.74, 6) is 1.47. The number of ether oxygens (including phenoxy) is 1. The van der Waals surface area contributed by atoms with Crippen LogP contribution in [0.2, 0.25) is 0 Å². The molecule has 0 saturated heterocycles. The van der Waals surface area contributed by atoms with Crippen molar-refractivity contribution in [1.29, 1.82) is 0 Å². The van der Waals surface area contributed by atoms with E-state index in [0.717, 1.165) is 24.4 Å². The molecule has 0 atom stereocenters. The Morgan fingerprint density at radius 2 is 2.03 bits per heavy atom. The molecule has 1 amide bonds. The standard InChI is InChI=1S/C23H29N5O2S/c1-4-27(19-7-5-6-17(2)16-19)15-13-24-21(29)12-14-28-22(25-26-23(28)31)18-8-10-20(30-3)11-9-18/h5-11,16H,4,12-15H2,1-3H3,(H,24,29)(H,26,31). The Balaban J connectivity index is 1.54. The summed E-state index contributed by atoms with van der Waals surface area (Å²) in [5.41, 5.74) is 3.31. The molecule has 3 aromatic rings. The summed E-state index contributed by atoms with van der Waals surface area (Å²) in [6, 6.07) is 16.0. The Morgan fingerprint density at radius 3 is 2.71 bits per heavy atom. The van der Waals surface area contributed by atoms with Crippen LogP contribution in [0.4, 0.5) is 5.69 Å². The quantitative estimate of drug-likeness (QED) is 0.468. The van der Waals surface area contributed by atoms with Crippen molar-refractivity contribution in [2.45, 2.75) is 26.8 Å². The van der Waals surface area contributed by atoms with Gasteiger partial charge in [0, 0.05) is 43.9 Å². The molecule has 0 aliphatic carbocycles. The minimum atomic E-state index is -0.0101. The molecule has 0 unspecified atom stereocenters. The molecule has 0 aliphatic rings. The predicted octanol–water partition coefficient (Wildman–Crippen LogP) is 3.96. The fraction of sp³-hybridized carbons (Fsp3) is 0.348. The Labute approximate surface area is 188 Å². The van der Waals surface area contributed by atoms with E-state index in [9.17, 15) is 4.79 Å². The minimum Gasteiger partial charge on any atom is -0.497 e. The van der Waals surface area contributed by atoms with Crippen LogP contribution in [0.15, 0.2) is 48.5 Å². The van der Waals surface area contributed by atoms with Crippen LogP contribution in [0.25, 0.3) is 11.4 Å². The van der Waals surface area contributed by atoms with Gasteiger partial charge in [-0.25, -0.2) is 0 Å². The number of hydrogen-bond donors (Lipinski definition) is 2. The third-order valence-electron chi connectivity index (χ3n) is 5.12. The van der Waals surface area contributed by atoms with Crippen molar-refractivity contribution in [1.82, 2.24) is 20.1 Å². The number of anilines is 1. The molecule has 31 heavy (non-hydrogen) atoms. The largest absolute Gasteiger partial charge is 0.497 e. The number of nitrogens with zero attached hydrogens (tertiary/aromatic N) is 3. The van der Waals surface area contributed by atoms with Gasteiger partial charge in [-0.3, -0.25) is 14.5 Å². The zero-order chi connectivity index (χ0) is 22.2. The van der Waals surface area contributed by atoms with Crippen LogP contribution >= 0.6 is 12.2 Å². The number of H-pyrrole nitrogens is 1. The van der Waals surface area contributed by atoms with E-state index in [1.807, 2.05) is 28.8 Å². The average molecular weight is 440 g/mol. The Hall–Kier alpha value is -3.13. The van der Waals surface area contributed by atoms with E-state index in [-0.39, 0.29) is 5.91 Å². The first-order chi connectivity index (χ1) is 15.0. The lowest BCUT2D eigenvalue weighted by atomic mass is 10.2. The molecule has 0 spiro atoms. The fourth-order valence-corrected chi connectivity index (χ4v) is 3.64. The molecule has 1 heterocycles. The monoisotopic (exact) mass is 439 g/mol. The highest BCUT2D eigenvalue weighted by Crippen LogP contribution is 2.21. The second-order valence-corrected chi connectivity index (χ2v) is 7.64. The number of likely N-dealkylation sites (N-methyl/N-ethyl adjacent to an activating group) is 1. The molecule has 1 aromatic heterocycles. The van der Waals surface area contributed by atoms with E-state index in [0.29, 0.717) is 30.1 Å². The summed E-state index contributed by atoms with van der Waals surface area (Å²) in [6.45, 7) is 6.88. The second kappa shape index (κ2) is 10.8. The summed E-state index contributed by atoms with van der Waals surface area (Å²) in [6.07, 6.45) is 0.327. The zero-order valence-corrected chi connectivity index (χ0v) is 19.0. The average Bonchev–Trinajstić information content (AvgIpc) is 3.15. The molecule has 2 aromatic carbocycles. The minimum absolute atomic E-state index is 0.0101. The molecule has 2 N–H and O–H groups in total. The van der Waals surface area contributed by atoms with Crippen LogP contribution in [0.5, 0.6) is 5.75 Å². The van der Waals surface area contributed by atoms with Crippen molar-refractivity contribution in [2.75, 3.05) is 31.6 Å². The van der Waals surface area contributed by atoms with Crippen LogP contribution in [0.3, 0.4) is 0 Å². The van der Waals surface area contributed by atoms with Gasteiger partial charge in [0.25, 0.3) is 0 Å². The molecule has 0 aliphatic heterocycles. The molecular formula is C23H29N5O2S. The maximum atomic E-state index is 12.4. The number of carbonyl (C=O) groups excluding carboxylic acids is 1. The molecule has 0 fully saturated rings. The number of benzene rings is 2. The number of amides is 1. The van der Waals surface area contributed by atoms with Gasteiger partial charge >= 0.3 is 0 Å². The zero-order valence-electron chi connectivity index (χ0n) is 18.2. The Bertz CT molecular complexity index is 1060. The van der Waals surface area contributed by atoms with Crippen LogP contribution in [0.1, 0.15) is 18.9 Å². The van der Waals surface area contributed by atoms with Crippen molar-refractivity contribution in [3.8, 4) is 17.1 Å². The first kappa shape index (κ1) is 22.6. The number of aromatic nitrogens is 3. The highest BCUT2D eigenvalue weighted by atomic mass is 32.1. The molecule has 0 radical (unpaired) electrons. The van der Waals surface area contributed by atoms with Crippen molar-refractivity contribution in [3.05, 3.63) is 58.9 Å². The normalized spacial score (nSPS) is 10.7. The van der Waals surface area contributed by atoms with Gasteiger partial charge < -0.3 is 15.0 Å². The summed E-state index contributed by atoms with van der Waals surface area (Å²) < 4.78 is 7.55. The van der Waals surface area contributed by atoms with Gasteiger partial charge in [-0.05, 0) is 68.0 Å². The second-order valence-electron chi connectivity index (χ2n) is 7.25. The lowest BCUT2D eigenvalue weighted by Crippen LogP contribution is -2.35. The summed E-state index contributed by atoms with van der Waals surface area (Å²) in [7, 11) is 1.63. The molecular weight excluding hydrogens is 410 g/mol. The number of rotatable bonds is 10. The number of methoxy groups -OCH3 is 1. The topological polar surface area (TPSA) is 75.2 Å². The van der Waals surface area contributed by atoms with Gasteiger partial charge in [-0.2, -0.15) is 5.10 Å². The third-order valence-corrected chi connectivity index (χ3v) is 5.43. The van der Waals surface area contributed by atoms with Crippen LogP contribution in [-0.2, 0) is 11.3 Å². The Morgan fingerprint density at radius 1 is 1.26 bits per heavy atom. The van der Waals surface area contributed by atoms with Crippen LogP contribution in [-0.4, -0.2) is 47.4 Å². The van der Waals surface area contributed by atoms with Gasteiger partial charge in [0.05, 0.1) is 7.11 Å². The molecule has 7 nitrogen and oxygen atoms in total. The van der Waals surface area contributed by atoms with Crippen molar-refractivity contribution in [3.63, 3.8) is 0 Å². The number of hydrogen-bond acceptors (Lipinski definition) is 5. The number of nitrogens with one attached hydrogen (secondary N) is 2. The highest BCUT2D eigenvalue weighted by Gasteiger charge is 2.11. The van der Waals surface area contributed by atoms with Gasteiger partial charge in [0.2, 0.25) is 5.91 Å². The van der Waals surface area contributed by atoms with Crippen molar-refractivity contribution < 1.29 is 9.53 Å². The first-order valence-corrected chi connectivity index (χ1v) is 10.8. The van der Waals surface area contributed by atoms with E-state index in [1.54, 1.807) is 7.11 Å². The van der Waals surface area contributed by atoms with E-state index < -0.39 is 0 Å². The molecule has 0 bridgehead atoms. The van der Waals surface area contributed by atoms with Gasteiger partial charge in [-0.1, -0.05) is 12.1 Å². The van der Waals surface area contributed by atoms with Crippen molar-refractivity contribution >= 4 is 23.8 Å².